The molecular weight excluding hydrogens is 293 g/mol. The standard InChI is InChI=1S/C16H21F3N2O/c1-11-5-6-13(8-12(11)2)20-14-4-3-7-21(10-14)15(22)9-16(17,18)19/h5-6,8,14,20H,3-4,7,9-10H2,1-2H3/t14-/m1/s1. The van der Waals surface area contributed by atoms with Crippen molar-refractivity contribution < 1.29 is 18.0 Å². The van der Waals surface area contributed by atoms with Gasteiger partial charge in [-0.05, 0) is 49.9 Å². The van der Waals surface area contributed by atoms with E-state index in [1.54, 1.807) is 0 Å². The second-order valence-electron chi connectivity index (χ2n) is 5.91. The van der Waals surface area contributed by atoms with Crippen LogP contribution in [0.2, 0.25) is 0 Å². The average Bonchev–Trinajstić information content (AvgIpc) is 2.41. The lowest BCUT2D eigenvalue weighted by molar-refractivity contribution is -0.162. The molecule has 1 aliphatic rings. The molecule has 1 saturated heterocycles. The van der Waals surface area contributed by atoms with Crippen molar-refractivity contribution >= 4 is 11.6 Å². The quantitative estimate of drug-likeness (QED) is 0.923. The fourth-order valence-electron chi connectivity index (χ4n) is 2.67. The van der Waals surface area contributed by atoms with Gasteiger partial charge in [0.2, 0.25) is 5.91 Å². The van der Waals surface area contributed by atoms with Crippen molar-refractivity contribution in [1.29, 1.82) is 0 Å². The van der Waals surface area contributed by atoms with Gasteiger partial charge in [-0.15, -0.1) is 0 Å². The van der Waals surface area contributed by atoms with Crippen LogP contribution in [0.5, 0.6) is 0 Å². The Morgan fingerprint density at radius 1 is 1.32 bits per heavy atom. The van der Waals surface area contributed by atoms with Gasteiger partial charge < -0.3 is 10.2 Å². The Kier molecular flexibility index (Phi) is 4.98. The van der Waals surface area contributed by atoms with Crippen molar-refractivity contribution in [2.24, 2.45) is 0 Å². The zero-order valence-electron chi connectivity index (χ0n) is 12.8. The van der Waals surface area contributed by atoms with E-state index in [-0.39, 0.29) is 6.04 Å². The fraction of sp³-hybridized carbons (Fsp3) is 0.562. The highest BCUT2D eigenvalue weighted by Gasteiger charge is 2.35. The van der Waals surface area contributed by atoms with E-state index in [1.807, 2.05) is 32.0 Å². The van der Waals surface area contributed by atoms with E-state index < -0.39 is 18.5 Å². The zero-order chi connectivity index (χ0) is 16.3. The third kappa shape index (κ3) is 4.64. The third-order valence-corrected chi connectivity index (χ3v) is 4.00. The number of hydrogen-bond donors (Lipinski definition) is 1. The number of amides is 1. The van der Waals surface area contributed by atoms with E-state index in [9.17, 15) is 18.0 Å². The van der Waals surface area contributed by atoms with Gasteiger partial charge in [0, 0.05) is 24.8 Å². The predicted molar refractivity (Wildman–Crippen MR) is 79.8 cm³/mol. The first-order chi connectivity index (χ1) is 10.2. The lowest BCUT2D eigenvalue weighted by Gasteiger charge is -2.34. The number of nitrogens with zero attached hydrogens (tertiary/aromatic N) is 1. The van der Waals surface area contributed by atoms with Crippen molar-refractivity contribution in [1.82, 2.24) is 4.90 Å². The Morgan fingerprint density at radius 2 is 2.05 bits per heavy atom. The first kappa shape index (κ1) is 16.6. The third-order valence-electron chi connectivity index (χ3n) is 4.00. The molecule has 0 aliphatic carbocycles. The Hall–Kier alpha value is -1.72. The SMILES string of the molecule is Cc1ccc(N[C@@H]2CCCN(C(=O)CC(F)(F)F)C2)cc1C. The second kappa shape index (κ2) is 6.58. The summed E-state index contributed by atoms with van der Waals surface area (Å²) in [5.74, 6) is -0.834. The van der Waals surface area contributed by atoms with Gasteiger partial charge in [0.05, 0.1) is 0 Å². The van der Waals surface area contributed by atoms with Crippen molar-refractivity contribution in [3.8, 4) is 0 Å². The highest BCUT2D eigenvalue weighted by molar-refractivity contribution is 5.77. The topological polar surface area (TPSA) is 32.3 Å². The van der Waals surface area contributed by atoms with Crippen LogP contribution < -0.4 is 5.32 Å². The lowest BCUT2D eigenvalue weighted by Crippen LogP contribution is -2.46. The van der Waals surface area contributed by atoms with Gasteiger partial charge in [-0.1, -0.05) is 6.07 Å². The van der Waals surface area contributed by atoms with Crippen molar-refractivity contribution in [3.63, 3.8) is 0 Å². The number of halogens is 3. The molecular formula is C16H21F3N2O. The van der Waals surface area contributed by atoms with Gasteiger partial charge in [0.15, 0.2) is 0 Å². The van der Waals surface area contributed by atoms with Gasteiger partial charge in [0.25, 0.3) is 0 Å². The van der Waals surface area contributed by atoms with Crippen LogP contribution in [0, 0.1) is 13.8 Å². The van der Waals surface area contributed by atoms with Crippen molar-refractivity contribution in [3.05, 3.63) is 29.3 Å². The van der Waals surface area contributed by atoms with Gasteiger partial charge in [0.1, 0.15) is 6.42 Å². The normalized spacial score (nSPS) is 19.1. The smallest absolute Gasteiger partial charge is 0.381 e. The number of likely N-dealkylation sites (tertiary alicyclic amines) is 1. The molecule has 2 rings (SSSR count). The molecule has 0 radical (unpaired) electrons. The summed E-state index contributed by atoms with van der Waals surface area (Å²) < 4.78 is 37.0. The van der Waals surface area contributed by atoms with Crippen LogP contribution in [0.25, 0.3) is 0 Å². The Morgan fingerprint density at radius 3 is 2.68 bits per heavy atom. The van der Waals surface area contributed by atoms with E-state index in [1.165, 1.54) is 10.5 Å². The van der Waals surface area contributed by atoms with Crippen LogP contribution in [0.15, 0.2) is 18.2 Å². The minimum Gasteiger partial charge on any atom is -0.381 e. The number of anilines is 1. The van der Waals surface area contributed by atoms with Crippen LogP contribution in [0.3, 0.4) is 0 Å². The van der Waals surface area contributed by atoms with Gasteiger partial charge in [-0.3, -0.25) is 4.79 Å². The molecule has 22 heavy (non-hydrogen) atoms. The molecule has 1 N–H and O–H groups in total. The molecule has 0 unspecified atom stereocenters. The number of carbonyl (C=O) groups is 1. The van der Waals surface area contributed by atoms with E-state index >= 15 is 0 Å². The Bertz CT molecular complexity index is 543. The molecule has 1 aromatic carbocycles. The number of alkyl halides is 3. The molecule has 1 amide bonds. The van der Waals surface area contributed by atoms with Crippen LogP contribution in [-0.4, -0.2) is 36.1 Å². The summed E-state index contributed by atoms with van der Waals surface area (Å²) in [4.78, 5) is 13.0. The van der Waals surface area contributed by atoms with E-state index in [0.29, 0.717) is 19.5 Å². The Balaban J connectivity index is 1.95. The van der Waals surface area contributed by atoms with Crippen LogP contribution >= 0.6 is 0 Å². The molecule has 1 aliphatic heterocycles. The summed E-state index contributed by atoms with van der Waals surface area (Å²) in [6.45, 7) is 4.76. The fourth-order valence-corrected chi connectivity index (χ4v) is 2.67. The number of hydrogen-bond acceptors (Lipinski definition) is 2. The summed E-state index contributed by atoms with van der Waals surface area (Å²) >= 11 is 0. The maximum atomic E-state index is 12.3. The average molecular weight is 314 g/mol. The number of benzene rings is 1. The predicted octanol–water partition coefficient (Wildman–Crippen LogP) is 3.66. The zero-order valence-corrected chi connectivity index (χ0v) is 12.8. The minimum absolute atomic E-state index is 0.00644. The van der Waals surface area contributed by atoms with Crippen molar-refractivity contribution in [2.75, 3.05) is 18.4 Å². The number of aryl methyl sites for hydroxylation is 2. The minimum atomic E-state index is -4.44. The van der Waals surface area contributed by atoms with E-state index in [2.05, 4.69) is 5.32 Å². The summed E-state index contributed by atoms with van der Waals surface area (Å²) in [6.07, 6.45) is -4.25. The molecule has 0 spiro atoms. The van der Waals surface area contributed by atoms with Crippen molar-refractivity contribution in [2.45, 2.75) is 45.3 Å². The summed E-state index contributed by atoms with van der Waals surface area (Å²) in [6, 6.07) is 5.98. The number of piperidine rings is 1. The highest BCUT2D eigenvalue weighted by atomic mass is 19.4. The van der Waals surface area contributed by atoms with Gasteiger partial charge >= 0.3 is 6.18 Å². The number of rotatable bonds is 3. The molecule has 0 aromatic heterocycles. The summed E-state index contributed by atoms with van der Waals surface area (Å²) in [5, 5.41) is 3.32. The molecule has 6 heteroatoms. The second-order valence-corrected chi connectivity index (χ2v) is 5.91. The first-order valence-electron chi connectivity index (χ1n) is 7.43. The van der Waals surface area contributed by atoms with E-state index in [4.69, 9.17) is 0 Å². The molecule has 122 valence electrons. The molecule has 1 heterocycles. The summed E-state index contributed by atoms with van der Waals surface area (Å²) in [5.41, 5.74) is 3.29. The van der Waals surface area contributed by atoms with E-state index in [0.717, 1.165) is 17.7 Å². The lowest BCUT2D eigenvalue weighted by atomic mass is 10.0. The molecule has 1 aromatic rings. The Labute approximate surface area is 128 Å². The van der Waals surface area contributed by atoms with Crippen LogP contribution in [0.1, 0.15) is 30.4 Å². The number of nitrogens with one attached hydrogen (secondary N) is 1. The monoisotopic (exact) mass is 314 g/mol. The highest BCUT2D eigenvalue weighted by Crippen LogP contribution is 2.23. The van der Waals surface area contributed by atoms with Gasteiger partial charge in [-0.25, -0.2) is 0 Å². The maximum Gasteiger partial charge on any atom is 0.397 e. The molecule has 0 bridgehead atoms. The largest absolute Gasteiger partial charge is 0.397 e. The van der Waals surface area contributed by atoms with Crippen LogP contribution in [0.4, 0.5) is 18.9 Å². The van der Waals surface area contributed by atoms with Gasteiger partial charge in [-0.2, -0.15) is 13.2 Å². The molecule has 0 saturated carbocycles. The first-order valence-corrected chi connectivity index (χ1v) is 7.43. The van der Waals surface area contributed by atoms with Crippen LogP contribution in [-0.2, 0) is 4.79 Å². The molecule has 1 atom stereocenters. The molecule has 1 fully saturated rings. The number of carbonyl (C=O) groups excluding carboxylic acids is 1. The summed E-state index contributed by atoms with van der Waals surface area (Å²) in [7, 11) is 0. The molecule has 3 nitrogen and oxygen atoms in total. The maximum absolute atomic E-state index is 12.3.